The normalized spacial score (nSPS) is 33.9. The van der Waals surface area contributed by atoms with Crippen molar-refractivity contribution in [3.05, 3.63) is 29.6 Å². The van der Waals surface area contributed by atoms with Crippen LogP contribution in [0.15, 0.2) is 18.3 Å². The molecule has 3 heterocycles. The summed E-state index contributed by atoms with van der Waals surface area (Å²) in [5.41, 5.74) is 0.769. The van der Waals surface area contributed by atoms with Crippen LogP contribution >= 0.6 is 0 Å². The van der Waals surface area contributed by atoms with E-state index in [1.807, 2.05) is 0 Å². The minimum Gasteiger partial charge on any atom is -0.316 e. The molecule has 4 rings (SSSR count). The Hall–Kier alpha value is -1.75. The summed E-state index contributed by atoms with van der Waals surface area (Å²) >= 11 is 0. The van der Waals surface area contributed by atoms with E-state index in [4.69, 9.17) is 0 Å². The van der Waals surface area contributed by atoms with Gasteiger partial charge in [0.05, 0.1) is 5.56 Å². The van der Waals surface area contributed by atoms with Gasteiger partial charge in [-0.25, -0.2) is 0 Å². The standard InChI is InChI=1S/C12H11N3O2/c16-11-6-2-1-3-14-9(6)12(17)15(11)10-7-4-13-5-8(7)10/h1-3,7-8,10,13H,4-5H2. The van der Waals surface area contributed by atoms with E-state index in [1.54, 1.807) is 18.3 Å². The number of hydrogen-bond acceptors (Lipinski definition) is 4. The number of aromatic nitrogens is 1. The summed E-state index contributed by atoms with van der Waals surface area (Å²) in [6.07, 6.45) is 1.56. The van der Waals surface area contributed by atoms with Gasteiger partial charge in [-0.1, -0.05) is 0 Å². The monoisotopic (exact) mass is 229 g/mol. The van der Waals surface area contributed by atoms with Gasteiger partial charge in [-0.05, 0) is 24.0 Å². The van der Waals surface area contributed by atoms with E-state index in [2.05, 4.69) is 10.3 Å². The van der Waals surface area contributed by atoms with Crippen LogP contribution in [0.25, 0.3) is 0 Å². The van der Waals surface area contributed by atoms with Gasteiger partial charge in [0, 0.05) is 25.3 Å². The first-order valence-electron chi connectivity index (χ1n) is 5.82. The Morgan fingerprint density at radius 1 is 1.24 bits per heavy atom. The molecule has 2 aliphatic heterocycles. The second kappa shape index (κ2) is 2.92. The zero-order chi connectivity index (χ0) is 11.6. The lowest BCUT2D eigenvalue weighted by Gasteiger charge is -2.15. The van der Waals surface area contributed by atoms with Crippen molar-refractivity contribution in [1.29, 1.82) is 0 Å². The molecule has 1 saturated heterocycles. The van der Waals surface area contributed by atoms with Crippen molar-refractivity contribution in [1.82, 2.24) is 15.2 Å². The number of fused-ring (bicyclic) bond motifs is 2. The van der Waals surface area contributed by atoms with E-state index in [1.165, 1.54) is 4.90 Å². The minimum absolute atomic E-state index is 0.102. The molecule has 0 radical (unpaired) electrons. The zero-order valence-electron chi connectivity index (χ0n) is 9.09. The first kappa shape index (κ1) is 9.30. The van der Waals surface area contributed by atoms with E-state index < -0.39 is 0 Å². The van der Waals surface area contributed by atoms with Crippen LogP contribution in [-0.2, 0) is 0 Å². The van der Waals surface area contributed by atoms with Crippen molar-refractivity contribution in [2.45, 2.75) is 6.04 Å². The largest absolute Gasteiger partial charge is 0.316 e. The predicted octanol–water partition coefficient (Wildman–Crippen LogP) is -0.105. The molecule has 1 aromatic rings. The van der Waals surface area contributed by atoms with Crippen LogP contribution in [0.5, 0.6) is 0 Å². The number of carbonyl (C=O) groups is 2. The summed E-state index contributed by atoms with van der Waals surface area (Å²) in [5, 5.41) is 3.26. The smallest absolute Gasteiger partial charge is 0.280 e. The Morgan fingerprint density at radius 2 is 2.00 bits per heavy atom. The molecular weight excluding hydrogens is 218 g/mol. The summed E-state index contributed by atoms with van der Waals surface area (Å²) in [7, 11) is 0. The van der Waals surface area contributed by atoms with Gasteiger partial charge in [0.25, 0.3) is 11.8 Å². The van der Waals surface area contributed by atoms with Crippen LogP contribution in [0.4, 0.5) is 0 Å². The van der Waals surface area contributed by atoms with Crippen molar-refractivity contribution in [2.24, 2.45) is 11.8 Å². The molecule has 1 aromatic heterocycles. The molecule has 5 nitrogen and oxygen atoms in total. The molecule has 17 heavy (non-hydrogen) atoms. The number of nitrogens with one attached hydrogen (secondary N) is 1. The van der Waals surface area contributed by atoms with E-state index in [0.29, 0.717) is 23.1 Å². The van der Waals surface area contributed by atoms with Gasteiger partial charge >= 0.3 is 0 Å². The third-order valence-corrected chi connectivity index (χ3v) is 4.02. The van der Waals surface area contributed by atoms with Crippen LogP contribution in [0.3, 0.4) is 0 Å². The van der Waals surface area contributed by atoms with Gasteiger partial charge in [0.2, 0.25) is 0 Å². The quantitative estimate of drug-likeness (QED) is 0.683. The number of hydrogen-bond donors (Lipinski definition) is 1. The fourth-order valence-corrected chi connectivity index (χ4v) is 3.12. The molecular formula is C12H11N3O2. The van der Waals surface area contributed by atoms with E-state index in [9.17, 15) is 9.59 Å². The average molecular weight is 229 g/mol. The molecule has 3 aliphatic rings. The fraction of sp³-hybridized carbons (Fsp3) is 0.417. The minimum atomic E-state index is -0.218. The Morgan fingerprint density at radius 3 is 2.71 bits per heavy atom. The molecule has 5 heteroatoms. The summed E-state index contributed by atoms with van der Waals surface area (Å²) in [4.78, 5) is 29.7. The molecule has 2 unspecified atom stereocenters. The molecule has 2 fully saturated rings. The third-order valence-electron chi connectivity index (χ3n) is 4.02. The molecule has 1 saturated carbocycles. The first-order valence-corrected chi connectivity index (χ1v) is 5.82. The second-order valence-electron chi connectivity index (χ2n) is 4.86. The maximum absolute atomic E-state index is 12.2. The molecule has 2 amide bonds. The van der Waals surface area contributed by atoms with Crippen molar-refractivity contribution in [2.75, 3.05) is 13.1 Å². The Labute approximate surface area is 97.8 Å². The Bertz CT molecular complexity index is 497. The van der Waals surface area contributed by atoms with Crippen LogP contribution in [-0.4, -0.2) is 40.8 Å². The molecule has 0 aromatic carbocycles. The van der Waals surface area contributed by atoms with Crippen LogP contribution in [0.2, 0.25) is 0 Å². The number of nitrogens with zero attached hydrogens (tertiary/aromatic N) is 2. The van der Waals surface area contributed by atoms with Crippen LogP contribution in [0.1, 0.15) is 20.8 Å². The lowest BCUT2D eigenvalue weighted by molar-refractivity contribution is 0.0622. The number of carbonyl (C=O) groups excluding carboxylic acids is 2. The molecule has 86 valence electrons. The van der Waals surface area contributed by atoms with E-state index >= 15 is 0 Å². The SMILES string of the molecule is O=C1c2cccnc2C(=O)N1C1C2CNCC21. The molecule has 1 aliphatic carbocycles. The van der Waals surface area contributed by atoms with Crippen molar-refractivity contribution < 1.29 is 9.59 Å². The van der Waals surface area contributed by atoms with E-state index in [0.717, 1.165) is 13.1 Å². The number of rotatable bonds is 1. The topological polar surface area (TPSA) is 62.3 Å². The lowest BCUT2D eigenvalue weighted by Crippen LogP contribution is -2.37. The summed E-state index contributed by atoms with van der Waals surface area (Å²) in [6.45, 7) is 1.83. The molecule has 0 spiro atoms. The third kappa shape index (κ3) is 1.04. The predicted molar refractivity (Wildman–Crippen MR) is 58.4 cm³/mol. The highest BCUT2D eigenvalue weighted by Gasteiger charge is 2.60. The van der Waals surface area contributed by atoms with E-state index in [-0.39, 0.29) is 17.9 Å². The fourth-order valence-electron chi connectivity index (χ4n) is 3.12. The molecule has 2 atom stereocenters. The van der Waals surface area contributed by atoms with Gasteiger partial charge in [-0.2, -0.15) is 0 Å². The van der Waals surface area contributed by atoms with Gasteiger partial charge in [0.15, 0.2) is 0 Å². The highest BCUT2D eigenvalue weighted by Crippen LogP contribution is 2.47. The molecule has 1 N–H and O–H groups in total. The zero-order valence-corrected chi connectivity index (χ0v) is 9.09. The lowest BCUT2D eigenvalue weighted by atomic mass is 10.2. The maximum Gasteiger partial charge on any atom is 0.280 e. The highest BCUT2D eigenvalue weighted by molar-refractivity contribution is 6.20. The van der Waals surface area contributed by atoms with Gasteiger partial charge in [0.1, 0.15) is 5.69 Å². The maximum atomic E-state index is 12.2. The number of amides is 2. The van der Waals surface area contributed by atoms with Gasteiger partial charge in [-0.15, -0.1) is 0 Å². The number of imide groups is 1. The van der Waals surface area contributed by atoms with Crippen molar-refractivity contribution in [3.63, 3.8) is 0 Å². The van der Waals surface area contributed by atoms with Gasteiger partial charge < -0.3 is 5.32 Å². The summed E-state index contributed by atoms with van der Waals surface area (Å²) in [6, 6.07) is 3.48. The van der Waals surface area contributed by atoms with Crippen LogP contribution < -0.4 is 5.32 Å². The van der Waals surface area contributed by atoms with Crippen molar-refractivity contribution in [3.8, 4) is 0 Å². The average Bonchev–Trinajstić information content (AvgIpc) is 2.74. The molecule has 0 bridgehead atoms. The Balaban J connectivity index is 1.72. The number of pyridine rings is 1. The highest BCUT2D eigenvalue weighted by atomic mass is 16.2. The first-order chi connectivity index (χ1) is 8.29. The van der Waals surface area contributed by atoms with Gasteiger partial charge in [-0.3, -0.25) is 19.5 Å². The van der Waals surface area contributed by atoms with Crippen LogP contribution in [0, 0.1) is 11.8 Å². The summed E-state index contributed by atoms with van der Waals surface area (Å²) in [5.74, 6) is 0.525. The second-order valence-corrected chi connectivity index (χ2v) is 4.86. The number of piperidine rings is 1. The summed E-state index contributed by atoms with van der Waals surface area (Å²) < 4.78 is 0. The van der Waals surface area contributed by atoms with Crippen molar-refractivity contribution >= 4 is 11.8 Å². The Kier molecular flexibility index (Phi) is 1.60.